The van der Waals surface area contributed by atoms with Crippen molar-refractivity contribution in [1.82, 2.24) is 10.6 Å². The van der Waals surface area contributed by atoms with Gasteiger partial charge < -0.3 is 15.7 Å². The van der Waals surface area contributed by atoms with Crippen LogP contribution in [0, 0.1) is 5.92 Å². The smallest absolute Gasteiger partial charge is 0.225 e. The lowest BCUT2D eigenvalue weighted by molar-refractivity contribution is -0.127. The molecule has 1 aliphatic heterocycles. The van der Waals surface area contributed by atoms with Gasteiger partial charge in [0, 0.05) is 19.5 Å². The predicted molar refractivity (Wildman–Crippen MR) is 59.7 cm³/mol. The third-order valence-electron chi connectivity index (χ3n) is 2.78. The Kier molecular flexibility index (Phi) is 4.29. The second-order valence-corrected chi connectivity index (χ2v) is 4.67. The number of amides is 2. The molecule has 92 valence electrons. The number of hydrogen-bond donors (Lipinski definition) is 3. The summed E-state index contributed by atoms with van der Waals surface area (Å²) in [5.41, 5.74) is -0.861. The van der Waals surface area contributed by atoms with Crippen LogP contribution in [0.2, 0.25) is 0 Å². The predicted octanol–water partition coefficient (Wildman–Crippen LogP) is -0.210. The monoisotopic (exact) mass is 228 g/mol. The molecule has 3 N–H and O–H groups in total. The summed E-state index contributed by atoms with van der Waals surface area (Å²) < 4.78 is 0. The molecule has 5 heteroatoms. The second kappa shape index (κ2) is 5.30. The third kappa shape index (κ3) is 3.81. The van der Waals surface area contributed by atoms with E-state index < -0.39 is 5.60 Å². The third-order valence-corrected chi connectivity index (χ3v) is 2.78. The first-order valence-corrected chi connectivity index (χ1v) is 5.71. The molecule has 0 aromatic carbocycles. The fourth-order valence-corrected chi connectivity index (χ4v) is 1.84. The molecule has 0 aliphatic carbocycles. The van der Waals surface area contributed by atoms with Gasteiger partial charge in [0.2, 0.25) is 11.8 Å². The molecule has 2 unspecified atom stereocenters. The van der Waals surface area contributed by atoms with Crippen LogP contribution >= 0.6 is 0 Å². The fraction of sp³-hybridized carbons (Fsp3) is 0.818. The average Bonchev–Trinajstić information content (AvgIpc) is 2.61. The van der Waals surface area contributed by atoms with Crippen molar-refractivity contribution in [3.05, 3.63) is 0 Å². The van der Waals surface area contributed by atoms with Gasteiger partial charge in [-0.15, -0.1) is 0 Å². The molecular weight excluding hydrogens is 208 g/mol. The Hall–Kier alpha value is -1.10. The minimum atomic E-state index is -0.861. The van der Waals surface area contributed by atoms with Gasteiger partial charge in [-0.25, -0.2) is 0 Å². The van der Waals surface area contributed by atoms with Gasteiger partial charge in [-0.1, -0.05) is 13.3 Å². The number of nitrogens with one attached hydrogen (secondary N) is 2. The van der Waals surface area contributed by atoms with E-state index >= 15 is 0 Å². The molecule has 1 rings (SSSR count). The van der Waals surface area contributed by atoms with E-state index in [1.807, 2.05) is 6.92 Å². The highest BCUT2D eigenvalue weighted by Crippen LogP contribution is 2.12. The van der Waals surface area contributed by atoms with Gasteiger partial charge in [0.15, 0.2) is 0 Å². The van der Waals surface area contributed by atoms with Gasteiger partial charge in [0.05, 0.1) is 11.5 Å². The highest BCUT2D eigenvalue weighted by atomic mass is 16.3. The Balaban J connectivity index is 2.32. The quantitative estimate of drug-likeness (QED) is 0.609. The van der Waals surface area contributed by atoms with Crippen LogP contribution in [0.5, 0.6) is 0 Å². The summed E-state index contributed by atoms with van der Waals surface area (Å²) in [6, 6.07) is 0. The van der Waals surface area contributed by atoms with Crippen molar-refractivity contribution in [2.75, 3.05) is 13.1 Å². The topological polar surface area (TPSA) is 78.4 Å². The molecule has 16 heavy (non-hydrogen) atoms. The molecule has 1 heterocycles. The lowest BCUT2D eigenvalue weighted by atomic mass is 10.00. The van der Waals surface area contributed by atoms with Gasteiger partial charge >= 0.3 is 0 Å². The van der Waals surface area contributed by atoms with Crippen molar-refractivity contribution in [3.63, 3.8) is 0 Å². The van der Waals surface area contributed by atoms with Gasteiger partial charge in [0.25, 0.3) is 0 Å². The zero-order valence-electron chi connectivity index (χ0n) is 9.88. The molecule has 2 amide bonds. The normalized spacial score (nSPS) is 23.7. The summed E-state index contributed by atoms with van der Waals surface area (Å²) in [5, 5.41) is 15.2. The van der Waals surface area contributed by atoms with E-state index in [1.165, 1.54) is 0 Å². The van der Waals surface area contributed by atoms with Crippen LogP contribution in [0.25, 0.3) is 0 Å². The van der Waals surface area contributed by atoms with E-state index in [9.17, 15) is 14.7 Å². The van der Waals surface area contributed by atoms with Crippen LogP contribution in [-0.4, -0.2) is 35.6 Å². The standard InChI is InChI=1S/C11H20N2O3/c1-3-4-11(2,16)7-13-10(15)8-5-9(14)12-6-8/h8,16H,3-7H2,1-2H3,(H,12,14)(H,13,15). The van der Waals surface area contributed by atoms with Crippen LogP contribution in [-0.2, 0) is 9.59 Å². The number of carbonyl (C=O) groups is 2. The molecule has 0 aromatic heterocycles. The van der Waals surface area contributed by atoms with E-state index in [4.69, 9.17) is 0 Å². The number of carbonyl (C=O) groups excluding carboxylic acids is 2. The van der Waals surface area contributed by atoms with Crippen molar-refractivity contribution < 1.29 is 14.7 Å². The molecule has 2 atom stereocenters. The van der Waals surface area contributed by atoms with E-state index in [1.54, 1.807) is 6.92 Å². The first-order chi connectivity index (χ1) is 7.44. The number of rotatable bonds is 5. The van der Waals surface area contributed by atoms with E-state index in [0.717, 1.165) is 6.42 Å². The Morgan fingerprint density at radius 3 is 2.88 bits per heavy atom. The Morgan fingerprint density at radius 1 is 1.69 bits per heavy atom. The van der Waals surface area contributed by atoms with Crippen molar-refractivity contribution in [2.45, 2.75) is 38.7 Å². The summed E-state index contributed by atoms with van der Waals surface area (Å²) in [5.74, 6) is -0.528. The van der Waals surface area contributed by atoms with Gasteiger partial charge in [0.1, 0.15) is 0 Å². The molecule has 0 bridgehead atoms. The first kappa shape index (κ1) is 13.0. The molecule has 0 aromatic rings. The second-order valence-electron chi connectivity index (χ2n) is 4.67. The lowest BCUT2D eigenvalue weighted by Crippen LogP contribution is -2.43. The van der Waals surface area contributed by atoms with Crippen LogP contribution in [0.3, 0.4) is 0 Å². The van der Waals surface area contributed by atoms with E-state index in [0.29, 0.717) is 13.0 Å². The van der Waals surface area contributed by atoms with Crippen molar-refractivity contribution >= 4 is 11.8 Å². The molecule has 0 saturated carbocycles. The maximum atomic E-state index is 11.6. The van der Waals surface area contributed by atoms with E-state index in [-0.39, 0.29) is 30.7 Å². The molecule has 1 saturated heterocycles. The molecule has 1 aliphatic rings. The van der Waals surface area contributed by atoms with Gasteiger partial charge in [-0.3, -0.25) is 9.59 Å². The number of hydrogen-bond acceptors (Lipinski definition) is 3. The van der Waals surface area contributed by atoms with Crippen LogP contribution in [0.15, 0.2) is 0 Å². The molecule has 1 fully saturated rings. The van der Waals surface area contributed by atoms with E-state index in [2.05, 4.69) is 10.6 Å². The van der Waals surface area contributed by atoms with Crippen molar-refractivity contribution in [2.24, 2.45) is 5.92 Å². The minimum Gasteiger partial charge on any atom is -0.388 e. The highest BCUT2D eigenvalue weighted by Gasteiger charge is 2.29. The fourth-order valence-electron chi connectivity index (χ4n) is 1.84. The van der Waals surface area contributed by atoms with Crippen molar-refractivity contribution in [1.29, 1.82) is 0 Å². The lowest BCUT2D eigenvalue weighted by Gasteiger charge is -2.23. The van der Waals surface area contributed by atoms with Gasteiger partial charge in [-0.05, 0) is 13.3 Å². The van der Waals surface area contributed by atoms with Crippen LogP contribution < -0.4 is 10.6 Å². The zero-order chi connectivity index (χ0) is 12.2. The maximum absolute atomic E-state index is 11.6. The summed E-state index contributed by atoms with van der Waals surface area (Å²) >= 11 is 0. The van der Waals surface area contributed by atoms with Crippen LogP contribution in [0.1, 0.15) is 33.1 Å². The SMILES string of the molecule is CCCC(C)(O)CNC(=O)C1CNC(=O)C1. The summed E-state index contributed by atoms with van der Waals surface area (Å²) in [7, 11) is 0. The summed E-state index contributed by atoms with van der Waals surface area (Å²) in [6.07, 6.45) is 1.77. The van der Waals surface area contributed by atoms with Gasteiger partial charge in [-0.2, -0.15) is 0 Å². The average molecular weight is 228 g/mol. The molecule has 0 radical (unpaired) electrons. The molecular formula is C11H20N2O3. The Bertz CT molecular complexity index is 276. The largest absolute Gasteiger partial charge is 0.388 e. The summed E-state index contributed by atoms with van der Waals surface area (Å²) in [4.78, 5) is 22.5. The zero-order valence-corrected chi connectivity index (χ0v) is 9.88. The summed E-state index contributed by atoms with van der Waals surface area (Å²) in [6.45, 7) is 4.33. The highest BCUT2D eigenvalue weighted by molar-refractivity contribution is 5.89. The Morgan fingerprint density at radius 2 is 2.38 bits per heavy atom. The maximum Gasteiger partial charge on any atom is 0.225 e. The number of aliphatic hydroxyl groups is 1. The Labute approximate surface area is 95.6 Å². The molecule has 5 nitrogen and oxygen atoms in total. The molecule has 0 spiro atoms. The van der Waals surface area contributed by atoms with Crippen molar-refractivity contribution in [3.8, 4) is 0 Å². The first-order valence-electron chi connectivity index (χ1n) is 5.71. The minimum absolute atomic E-state index is 0.0829. The van der Waals surface area contributed by atoms with Crippen LogP contribution in [0.4, 0.5) is 0 Å².